The zero-order chi connectivity index (χ0) is 15.5. The number of morpholine rings is 1. The van der Waals surface area contributed by atoms with Crippen molar-refractivity contribution < 1.29 is 23.1 Å². The lowest BCUT2D eigenvalue weighted by molar-refractivity contribution is -0.137. The van der Waals surface area contributed by atoms with Crippen molar-refractivity contribution in [2.24, 2.45) is 10.9 Å². The van der Waals surface area contributed by atoms with Crippen LogP contribution in [0.15, 0.2) is 29.4 Å². The number of nitrogens with two attached hydrogens (primary N) is 1. The molecular weight excluding hydrogens is 287 g/mol. The van der Waals surface area contributed by atoms with E-state index in [-0.39, 0.29) is 5.84 Å². The van der Waals surface area contributed by atoms with Crippen molar-refractivity contribution >= 4 is 5.84 Å². The number of rotatable bonds is 3. The largest absolute Gasteiger partial charge is 0.416 e. The molecule has 1 aromatic rings. The Bertz CT molecular complexity index is 520. The molecule has 1 aromatic carbocycles. The van der Waals surface area contributed by atoms with Crippen LogP contribution in [-0.4, -0.2) is 41.7 Å². The summed E-state index contributed by atoms with van der Waals surface area (Å²) < 4.78 is 43.3. The normalized spacial score (nSPS) is 21.5. The minimum atomic E-state index is -4.35. The average Bonchev–Trinajstić information content (AvgIpc) is 2.46. The Balaban J connectivity index is 2.04. The SMILES string of the molecule is NC(=NO)C1CN(Cc2cccc(C(F)(F)F)c2)CCO1. The fourth-order valence-electron chi connectivity index (χ4n) is 2.19. The molecule has 0 amide bonds. The molecule has 8 heteroatoms. The van der Waals surface area contributed by atoms with Crippen molar-refractivity contribution in [2.45, 2.75) is 18.8 Å². The van der Waals surface area contributed by atoms with Crippen molar-refractivity contribution in [1.82, 2.24) is 4.90 Å². The molecule has 0 aliphatic carbocycles. The van der Waals surface area contributed by atoms with Gasteiger partial charge in [0.2, 0.25) is 0 Å². The Morgan fingerprint density at radius 2 is 2.24 bits per heavy atom. The third-order valence-corrected chi connectivity index (χ3v) is 3.26. The molecule has 0 aromatic heterocycles. The third-order valence-electron chi connectivity index (χ3n) is 3.26. The maximum absolute atomic E-state index is 12.7. The Morgan fingerprint density at radius 1 is 1.48 bits per heavy atom. The standard InChI is InChI=1S/C13H16F3N3O2/c14-13(15,16)10-3-1-2-9(6-10)7-19-4-5-21-11(8-19)12(17)18-20/h1-3,6,11,20H,4-5,7-8H2,(H2,17,18). The molecule has 0 radical (unpaired) electrons. The number of nitrogens with zero attached hydrogens (tertiary/aromatic N) is 2. The molecule has 3 N–H and O–H groups in total. The number of amidine groups is 1. The first-order valence-corrected chi connectivity index (χ1v) is 6.37. The van der Waals surface area contributed by atoms with Crippen LogP contribution in [0.2, 0.25) is 0 Å². The highest BCUT2D eigenvalue weighted by molar-refractivity contribution is 5.84. The Morgan fingerprint density at radius 3 is 2.90 bits per heavy atom. The molecule has 1 unspecified atom stereocenters. The van der Waals surface area contributed by atoms with Gasteiger partial charge in [-0.1, -0.05) is 23.4 Å². The second-order valence-electron chi connectivity index (χ2n) is 4.82. The lowest BCUT2D eigenvalue weighted by Gasteiger charge is -2.32. The van der Waals surface area contributed by atoms with E-state index < -0.39 is 17.8 Å². The van der Waals surface area contributed by atoms with Crippen LogP contribution in [-0.2, 0) is 17.5 Å². The maximum Gasteiger partial charge on any atom is 0.416 e. The van der Waals surface area contributed by atoms with Crippen molar-refractivity contribution in [3.63, 3.8) is 0 Å². The second kappa shape index (κ2) is 6.31. The number of benzene rings is 1. The van der Waals surface area contributed by atoms with Crippen LogP contribution in [0.4, 0.5) is 13.2 Å². The molecule has 1 saturated heterocycles. The van der Waals surface area contributed by atoms with Gasteiger partial charge >= 0.3 is 6.18 Å². The smallest absolute Gasteiger partial charge is 0.409 e. The minimum Gasteiger partial charge on any atom is -0.409 e. The Kier molecular flexibility index (Phi) is 4.69. The van der Waals surface area contributed by atoms with Gasteiger partial charge in [0.15, 0.2) is 5.84 Å². The summed E-state index contributed by atoms with van der Waals surface area (Å²) in [6.07, 6.45) is -4.90. The van der Waals surface area contributed by atoms with Crippen molar-refractivity contribution in [3.05, 3.63) is 35.4 Å². The van der Waals surface area contributed by atoms with Crippen LogP contribution in [0.25, 0.3) is 0 Å². The van der Waals surface area contributed by atoms with Gasteiger partial charge in [0, 0.05) is 19.6 Å². The van der Waals surface area contributed by atoms with Crippen LogP contribution in [0, 0.1) is 0 Å². The van der Waals surface area contributed by atoms with Gasteiger partial charge in [0.25, 0.3) is 0 Å². The zero-order valence-electron chi connectivity index (χ0n) is 11.2. The fraction of sp³-hybridized carbons (Fsp3) is 0.462. The Labute approximate surface area is 119 Å². The number of ether oxygens (including phenoxy) is 1. The zero-order valence-corrected chi connectivity index (χ0v) is 11.2. The van der Waals surface area contributed by atoms with E-state index in [2.05, 4.69) is 5.16 Å². The van der Waals surface area contributed by atoms with Crippen molar-refractivity contribution in [1.29, 1.82) is 0 Å². The molecule has 1 aliphatic heterocycles. The monoisotopic (exact) mass is 303 g/mol. The lowest BCUT2D eigenvalue weighted by Crippen LogP contribution is -2.48. The van der Waals surface area contributed by atoms with Gasteiger partial charge in [0.1, 0.15) is 6.10 Å². The van der Waals surface area contributed by atoms with Crippen LogP contribution in [0.5, 0.6) is 0 Å². The summed E-state index contributed by atoms with van der Waals surface area (Å²) in [7, 11) is 0. The summed E-state index contributed by atoms with van der Waals surface area (Å²) in [6, 6.07) is 5.21. The van der Waals surface area contributed by atoms with Crippen LogP contribution < -0.4 is 5.73 Å². The highest BCUT2D eigenvalue weighted by Crippen LogP contribution is 2.29. The van der Waals surface area contributed by atoms with E-state index in [0.717, 1.165) is 12.1 Å². The summed E-state index contributed by atoms with van der Waals surface area (Å²) in [5, 5.41) is 11.5. The van der Waals surface area contributed by atoms with Gasteiger partial charge < -0.3 is 15.7 Å². The molecule has 1 atom stereocenters. The predicted molar refractivity (Wildman–Crippen MR) is 69.9 cm³/mol. The molecule has 116 valence electrons. The summed E-state index contributed by atoms with van der Waals surface area (Å²) in [6.45, 7) is 1.67. The van der Waals surface area contributed by atoms with E-state index >= 15 is 0 Å². The molecule has 0 saturated carbocycles. The lowest BCUT2D eigenvalue weighted by atomic mass is 10.1. The molecule has 21 heavy (non-hydrogen) atoms. The summed E-state index contributed by atoms with van der Waals surface area (Å²) in [5.41, 5.74) is 5.38. The quantitative estimate of drug-likeness (QED) is 0.385. The molecule has 0 spiro atoms. The minimum absolute atomic E-state index is 0.0382. The molecule has 2 rings (SSSR count). The van der Waals surface area contributed by atoms with Crippen molar-refractivity contribution in [3.8, 4) is 0 Å². The van der Waals surface area contributed by atoms with Crippen LogP contribution in [0.1, 0.15) is 11.1 Å². The third kappa shape index (κ3) is 4.08. The molecule has 5 nitrogen and oxygen atoms in total. The molecule has 1 fully saturated rings. The predicted octanol–water partition coefficient (Wildman–Crippen LogP) is 1.65. The molecular formula is C13H16F3N3O2. The first kappa shape index (κ1) is 15.6. The van der Waals surface area contributed by atoms with Gasteiger partial charge in [-0.2, -0.15) is 13.2 Å². The number of oxime groups is 1. The first-order valence-electron chi connectivity index (χ1n) is 6.37. The summed E-state index contributed by atoms with van der Waals surface area (Å²) in [4.78, 5) is 1.90. The highest BCUT2D eigenvalue weighted by atomic mass is 19.4. The van der Waals surface area contributed by atoms with E-state index in [0.29, 0.717) is 31.8 Å². The highest BCUT2D eigenvalue weighted by Gasteiger charge is 2.30. The van der Waals surface area contributed by atoms with Crippen molar-refractivity contribution in [2.75, 3.05) is 19.7 Å². The number of hydrogen-bond donors (Lipinski definition) is 2. The van der Waals surface area contributed by atoms with E-state index in [4.69, 9.17) is 15.7 Å². The van der Waals surface area contributed by atoms with Gasteiger partial charge in [0.05, 0.1) is 12.2 Å². The summed E-state index contributed by atoms with van der Waals surface area (Å²) >= 11 is 0. The number of hydrogen-bond acceptors (Lipinski definition) is 4. The molecule has 1 aliphatic rings. The molecule has 0 bridgehead atoms. The number of halogens is 3. The fourth-order valence-corrected chi connectivity index (χ4v) is 2.19. The van der Waals surface area contributed by atoms with E-state index in [9.17, 15) is 13.2 Å². The molecule has 1 heterocycles. The second-order valence-corrected chi connectivity index (χ2v) is 4.82. The van der Waals surface area contributed by atoms with E-state index in [1.807, 2.05) is 4.90 Å². The van der Waals surface area contributed by atoms with Gasteiger partial charge in [-0.25, -0.2) is 0 Å². The van der Waals surface area contributed by atoms with Gasteiger partial charge in [-0.15, -0.1) is 0 Å². The Hall–Kier alpha value is -1.80. The van der Waals surface area contributed by atoms with Gasteiger partial charge in [-0.3, -0.25) is 4.90 Å². The van der Waals surface area contributed by atoms with Gasteiger partial charge in [-0.05, 0) is 11.6 Å². The van der Waals surface area contributed by atoms with Crippen LogP contribution >= 0.6 is 0 Å². The topological polar surface area (TPSA) is 71.1 Å². The maximum atomic E-state index is 12.7. The van der Waals surface area contributed by atoms with E-state index in [1.54, 1.807) is 6.07 Å². The average molecular weight is 303 g/mol. The summed E-state index contributed by atoms with van der Waals surface area (Å²) in [5.74, 6) is -0.0382. The van der Waals surface area contributed by atoms with Crippen LogP contribution in [0.3, 0.4) is 0 Å². The first-order chi connectivity index (χ1) is 9.90. The van der Waals surface area contributed by atoms with E-state index in [1.165, 1.54) is 6.07 Å². The number of alkyl halides is 3.